The van der Waals surface area contributed by atoms with Crippen molar-refractivity contribution in [3.05, 3.63) is 29.3 Å². The lowest BCUT2D eigenvalue weighted by atomic mass is 10.1. The number of nitrogen functional groups attached to an aromatic ring is 1. The van der Waals surface area contributed by atoms with Gasteiger partial charge >= 0.3 is 0 Å². The van der Waals surface area contributed by atoms with Gasteiger partial charge in [-0.25, -0.2) is 0 Å². The van der Waals surface area contributed by atoms with E-state index in [9.17, 15) is 0 Å². The fraction of sp³-hybridized carbons (Fsp3) is 0.500. The molecule has 19 heavy (non-hydrogen) atoms. The molecule has 3 N–H and O–H groups in total. The van der Waals surface area contributed by atoms with E-state index in [1.807, 2.05) is 25.1 Å². The number of hydrogen-bond donors (Lipinski definition) is 2. The Kier molecular flexibility index (Phi) is 6.92. The van der Waals surface area contributed by atoms with Crippen molar-refractivity contribution < 1.29 is 14.2 Å². The first-order chi connectivity index (χ1) is 9.15. The minimum atomic E-state index is 0.0232. The second-order valence-electron chi connectivity index (χ2n) is 4.22. The van der Waals surface area contributed by atoms with Gasteiger partial charge in [-0.15, -0.1) is 0 Å². The lowest BCUT2D eigenvalue weighted by Gasteiger charge is -2.11. The number of aryl methyl sites for hydroxylation is 1. The normalized spacial score (nSPS) is 10.4. The molecule has 0 spiro atoms. The number of rotatable bonds is 9. The summed E-state index contributed by atoms with van der Waals surface area (Å²) in [6, 6.07) is 5.64. The molecule has 0 atom stereocenters. The highest BCUT2D eigenvalue weighted by Gasteiger charge is 2.06. The van der Waals surface area contributed by atoms with E-state index >= 15 is 0 Å². The van der Waals surface area contributed by atoms with Crippen LogP contribution in [0, 0.1) is 12.3 Å². The zero-order chi connectivity index (χ0) is 14.1. The number of amidine groups is 1. The Balaban J connectivity index is 2.35. The number of nitrogens with one attached hydrogen (secondary N) is 1. The van der Waals surface area contributed by atoms with E-state index in [0.717, 1.165) is 12.0 Å². The van der Waals surface area contributed by atoms with E-state index in [4.69, 9.17) is 25.4 Å². The molecule has 5 heteroatoms. The number of hydrogen-bond acceptors (Lipinski definition) is 4. The first-order valence-electron chi connectivity index (χ1n) is 6.29. The maximum absolute atomic E-state index is 7.52. The summed E-state index contributed by atoms with van der Waals surface area (Å²) in [6.45, 7) is 4.33. The van der Waals surface area contributed by atoms with Gasteiger partial charge in [0.1, 0.15) is 11.6 Å². The Bertz CT molecular complexity index is 408. The molecule has 0 fully saturated rings. The van der Waals surface area contributed by atoms with E-state index in [0.29, 0.717) is 37.7 Å². The Morgan fingerprint density at radius 2 is 2.00 bits per heavy atom. The lowest BCUT2D eigenvalue weighted by molar-refractivity contribution is 0.0644. The van der Waals surface area contributed by atoms with Gasteiger partial charge in [0, 0.05) is 20.1 Å². The fourth-order valence-corrected chi connectivity index (χ4v) is 1.57. The molecule has 0 aliphatic carbocycles. The van der Waals surface area contributed by atoms with Gasteiger partial charge in [0.25, 0.3) is 0 Å². The highest BCUT2D eigenvalue weighted by molar-refractivity contribution is 5.97. The summed E-state index contributed by atoms with van der Waals surface area (Å²) >= 11 is 0. The van der Waals surface area contributed by atoms with Crippen LogP contribution in [0.25, 0.3) is 0 Å². The third kappa shape index (κ3) is 5.72. The first kappa shape index (κ1) is 15.5. The molecule has 5 nitrogen and oxygen atoms in total. The largest absolute Gasteiger partial charge is 0.493 e. The SMILES string of the molecule is COCCOCCCOc1ccc(C)cc1C(=N)N. The summed E-state index contributed by atoms with van der Waals surface area (Å²) in [5, 5.41) is 7.52. The molecule has 0 aromatic heterocycles. The van der Waals surface area contributed by atoms with Gasteiger partial charge in [-0.1, -0.05) is 11.6 Å². The average Bonchev–Trinajstić information content (AvgIpc) is 2.39. The van der Waals surface area contributed by atoms with E-state index in [1.165, 1.54) is 0 Å². The fourth-order valence-electron chi connectivity index (χ4n) is 1.57. The summed E-state index contributed by atoms with van der Waals surface area (Å²) < 4.78 is 15.8. The smallest absolute Gasteiger partial charge is 0.130 e. The van der Waals surface area contributed by atoms with Gasteiger partial charge in [-0.3, -0.25) is 5.41 Å². The Labute approximate surface area is 114 Å². The van der Waals surface area contributed by atoms with Gasteiger partial charge in [-0.2, -0.15) is 0 Å². The standard InChI is InChI=1S/C14H22N2O3/c1-11-4-5-13(12(10-11)14(15)16)19-7-3-6-18-9-8-17-2/h4-5,10H,3,6-9H2,1-2H3,(H3,15,16). The maximum Gasteiger partial charge on any atom is 0.130 e. The van der Waals surface area contributed by atoms with Crippen molar-refractivity contribution in [1.29, 1.82) is 5.41 Å². The van der Waals surface area contributed by atoms with Crippen molar-refractivity contribution in [1.82, 2.24) is 0 Å². The molecule has 0 amide bonds. The highest BCUT2D eigenvalue weighted by Crippen LogP contribution is 2.19. The molecule has 1 aromatic rings. The third-order valence-corrected chi connectivity index (χ3v) is 2.55. The summed E-state index contributed by atoms with van der Waals surface area (Å²) in [4.78, 5) is 0. The summed E-state index contributed by atoms with van der Waals surface area (Å²) in [5.74, 6) is 0.671. The zero-order valence-electron chi connectivity index (χ0n) is 11.6. The molecule has 1 rings (SSSR count). The number of ether oxygens (including phenoxy) is 3. The lowest BCUT2D eigenvalue weighted by Crippen LogP contribution is -2.14. The molecule has 0 aliphatic heterocycles. The van der Waals surface area contributed by atoms with Crippen molar-refractivity contribution in [2.45, 2.75) is 13.3 Å². The second kappa shape index (κ2) is 8.50. The van der Waals surface area contributed by atoms with E-state index in [2.05, 4.69) is 0 Å². The minimum absolute atomic E-state index is 0.0232. The van der Waals surface area contributed by atoms with Gasteiger partial charge in [0.05, 0.1) is 25.4 Å². The van der Waals surface area contributed by atoms with Crippen LogP contribution in [0.3, 0.4) is 0 Å². The molecule has 0 heterocycles. The minimum Gasteiger partial charge on any atom is -0.493 e. The van der Waals surface area contributed by atoms with Crippen molar-refractivity contribution >= 4 is 5.84 Å². The Morgan fingerprint density at radius 3 is 2.68 bits per heavy atom. The molecule has 0 aliphatic rings. The van der Waals surface area contributed by atoms with Crippen LogP contribution in [0.1, 0.15) is 17.5 Å². The first-order valence-corrected chi connectivity index (χ1v) is 6.29. The van der Waals surface area contributed by atoms with Gasteiger partial charge in [0.2, 0.25) is 0 Å². The number of methoxy groups -OCH3 is 1. The van der Waals surface area contributed by atoms with Crippen molar-refractivity contribution in [2.75, 3.05) is 33.5 Å². The van der Waals surface area contributed by atoms with Gasteiger partial charge in [-0.05, 0) is 19.1 Å². The molecular weight excluding hydrogens is 244 g/mol. The monoisotopic (exact) mass is 266 g/mol. The Morgan fingerprint density at radius 1 is 1.21 bits per heavy atom. The maximum atomic E-state index is 7.52. The van der Waals surface area contributed by atoms with Crippen LogP contribution >= 0.6 is 0 Å². The van der Waals surface area contributed by atoms with E-state index in [-0.39, 0.29) is 5.84 Å². The van der Waals surface area contributed by atoms with E-state index in [1.54, 1.807) is 7.11 Å². The van der Waals surface area contributed by atoms with Crippen LogP contribution in [0.4, 0.5) is 0 Å². The van der Waals surface area contributed by atoms with Crippen molar-refractivity contribution in [2.24, 2.45) is 5.73 Å². The van der Waals surface area contributed by atoms with Crippen LogP contribution in [-0.2, 0) is 9.47 Å². The topological polar surface area (TPSA) is 77.6 Å². The molecule has 0 saturated carbocycles. The quantitative estimate of drug-likeness (QED) is 0.405. The van der Waals surface area contributed by atoms with Gasteiger partial charge in [0.15, 0.2) is 0 Å². The summed E-state index contributed by atoms with van der Waals surface area (Å²) in [7, 11) is 1.65. The van der Waals surface area contributed by atoms with Crippen molar-refractivity contribution in [3.8, 4) is 5.75 Å². The molecule has 0 radical (unpaired) electrons. The van der Waals surface area contributed by atoms with Crippen LogP contribution in [0.2, 0.25) is 0 Å². The molecule has 0 saturated heterocycles. The Hall–Kier alpha value is -1.59. The predicted molar refractivity (Wildman–Crippen MR) is 75.0 cm³/mol. The second-order valence-corrected chi connectivity index (χ2v) is 4.22. The number of nitrogens with two attached hydrogens (primary N) is 1. The van der Waals surface area contributed by atoms with Crippen LogP contribution in [0.5, 0.6) is 5.75 Å². The zero-order valence-corrected chi connectivity index (χ0v) is 11.6. The van der Waals surface area contributed by atoms with Crippen LogP contribution in [-0.4, -0.2) is 39.4 Å². The molecule has 0 unspecified atom stereocenters. The van der Waals surface area contributed by atoms with Crippen LogP contribution in [0.15, 0.2) is 18.2 Å². The molecule has 0 bridgehead atoms. The summed E-state index contributed by atoms with van der Waals surface area (Å²) in [6.07, 6.45) is 0.787. The van der Waals surface area contributed by atoms with Crippen molar-refractivity contribution in [3.63, 3.8) is 0 Å². The summed E-state index contributed by atoms with van der Waals surface area (Å²) in [5.41, 5.74) is 7.23. The van der Waals surface area contributed by atoms with E-state index < -0.39 is 0 Å². The van der Waals surface area contributed by atoms with Gasteiger partial charge < -0.3 is 19.9 Å². The predicted octanol–water partition coefficient (Wildman–Crippen LogP) is 1.71. The average molecular weight is 266 g/mol. The molecular formula is C14H22N2O3. The number of benzene rings is 1. The van der Waals surface area contributed by atoms with Crippen LogP contribution < -0.4 is 10.5 Å². The molecule has 1 aromatic carbocycles. The highest BCUT2D eigenvalue weighted by atomic mass is 16.5. The molecule has 106 valence electrons. The third-order valence-electron chi connectivity index (χ3n) is 2.55.